The van der Waals surface area contributed by atoms with E-state index in [0.717, 1.165) is 5.56 Å². The molecule has 1 aromatic carbocycles. The summed E-state index contributed by atoms with van der Waals surface area (Å²) in [5.41, 5.74) is 6.29. The van der Waals surface area contributed by atoms with Gasteiger partial charge in [-0.25, -0.2) is 0 Å². The Morgan fingerprint density at radius 1 is 1.26 bits per heavy atom. The summed E-state index contributed by atoms with van der Waals surface area (Å²) in [4.78, 5) is 0. The summed E-state index contributed by atoms with van der Waals surface area (Å²) in [5, 5.41) is 0. The highest BCUT2D eigenvalue weighted by molar-refractivity contribution is 7.86. The number of morpholine rings is 1. The molecule has 1 aliphatic rings. The first kappa shape index (κ1) is 18.4. The van der Waals surface area contributed by atoms with Gasteiger partial charge in [0.2, 0.25) is 0 Å². The third kappa shape index (κ3) is 4.99. The molecule has 7 heteroatoms. The second-order valence-electron chi connectivity index (χ2n) is 6.37. The lowest BCUT2D eigenvalue weighted by molar-refractivity contribution is -0.0652. The Bertz CT molecular complexity index is 590. The predicted octanol–water partition coefficient (Wildman–Crippen LogP) is 0.845. The Morgan fingerprint density at radius 3 is 2.57 bits per heavy atom. The average molecular weight is 341 g/mol. The molecule has 0 unspecified atom stereocenters. The largest absolute Gasteiger partial charge is 0.373 e. The van der Waals surface area contributed by atoms with Gasteiger partial charge in [-0.3, -0.25) is 0 Å². The molecule has 2 rings (SSSR count). The highest BCUT2D eigenvalue weighted by Crippen LogP contribution is 2.21. The zero-order valence-electron chi connectivity index (χ0n) is 13.9. The minimum absolute atomic E-state index is 0.307. The van der Waals surface area contributed by atoms with E-state index in [0.29, 0.717) is 45.8 Å². The van der Waals surface area contributed by atoms with Gasteiger partial charge in [0.15, 0.2) is 0 Å². The van der Waals surface area contributed by atoms with Gasteiger partial charge in [0, 0.05) is 32.7 Å². The van der Waals surface area contributed by atoms with Crippen LogP contribution in [-0.4, -0.2) is 62.0 Å². The van der Waals surface area contributed by atoms with Crippen molar-refractivity contribution >= 4 is 10.2 Å². The lowest BCUT2D eigenvalue weighted by Crippen LogP contribution is -2.55. The van der Waals surface area contributed by atoms with Crippen molar-refractivity contribution in [3.05, 3.63) is 35.9 Å². The number of benzene rings is 1. The summed E-state index contributed by atoms with van der Waals surface area (Å²) in [6.07, 6.45) is 0.674. The van der Waals surface area contributed by atoms with Crippen molar-refractivity contribution in [2.75, 3.05) is 39.3 Å². The number of nitrogens with two attached hydrogens (primary N) is 1. The molecule has 0 radical (unpaired) electrons. The topological polar surface area (TPSA) is 75.9 Å². The van der Waals surface area contributed by atoms with Crippen LogP contribution in [0.1, 0.15) is 19.4 Å². The summed E-state index contributed by atoms with van der Waals surface area (Å²) >= 11 is 0. The fraction of sp³-hybridized carbons (Fsp3) is 0.625. The van der Waals surface area contributed by atoms with Crippen LogP contribution in [0, 0.1) is 0 Å². The molecular weight excluding hydrogens is 314 g/mol. The van der Waals surface area contributed by atoms with Crippen LogP contribution >= 0.6 is 0 Å². The monoisotopic (exact) mass is 341 g/mol. The normalized spacial score (nSPS) is 19.1. The number of ether oxygens (including phenoxy) is 1. The number of rotatable bonds is 7. The SMILES string of the molecule is CC1(C)CN(S(=O)(=O)N(CCN)CCc2ccccc2)CCO1. The van der Waals surface area contributed by atoms with E-state index in [1.165, 1.54) is 8.61 Å². The van der Waals surface area contributed by atoms with Gasteiger partial charge in [0.25, 0.3) is 10.2 Å². The van der Waals surface area contributed by atoms with E-state index >= 15 is 0 Å². The molecule has 1 fully saturated rings. The Balaban J connectivity index is 2.08. The quantitative estimate of drug-likeness (QED) is 0.798. The van der Waals surface area contributed by atoms with Crippen molar-refractivity contribution in [3.63, 3.8) is 0 Å². The van der Waals surface area contributed by atoms with E-state index in [1.54, 1.807) is 0 Å². The molecule has 0 saturated carbocycles. The van der Waals surface area contributed by atoms with Gasteiger partial charge in [-0.2, -0.15) is 17.0 Å². The standard InChI is InChI=1S/C16H27N3O3S/c1-16(2)14-19(12-13-22-16)23(20,21)18(11-9-17)10-8-15-6-4-3-5-7-15/h3-7H,8-14,17H2,1-2H3. The van der Waals surface area contributed by atoms with Gasteiger partial charge < -0.3 is 10.5 Å². The van der Waals surface area contributed by atoms with Gasteiger partial charge in [-0.05, 0) is 25.8 Å². The second-order valence-corrected chi connectivity index (χ2v) is 8.30. The molecule has 0 amide bonds. The second kappa shape index (κ2) is 7.72. The Kier molecular flexibility index (Phi) is 6.16. The van der Waals surface area contributed by atoms with Crippen LogP contribution < -0.4 is 5.73 Å². The van der Waals surface area contributed by atoms with Crippen molar-refractivity contribution in [2.24, 2.45) is 5.73 Å². The van der Waals surface area contributed by atoms with Crippen LogP contribution in [0.4, 0.5) is 0 Å². The molecule has 0 atom stereocenters. The van der Waals surface area contributed by atoms with Crippen molar-refractivity contribution in [3.8, 4) is 0 Å². The number of hydrogen-bond donors (Lipinski definition) is 1. The predicted molar refractivity (Wildman–Crippen MR) is 91.3 cm³/mol. The molecule has 130 valence electrons. The van der Waals surface area contributed by atoms with Gasteiger partial charge >= 0.3 is 0 Å². The van der Waals surface area contributed by atoms with Crippen LogP contribution in [-0.2, 0) is 21.4 Å². The third-order valence-electron chi connectivity index (χ3n) is 3.91. The number of hydrogen-bond acceptors (Lipinski definition) is 4. The molecule has 23 heavy (non-hydrogen) atoms. The maximum atomic E-state index is 12.9. The van der Waals surface area contributed by atoms with Crippen LogP contribution in [0.15, 0.2) is 30.3 Å². The molecule has 1 aliphatic heterocycles. The highest BCUT2D eigenvalue weighted by atomic mass is 32.2. The Morgan fingerprint density at radius 2 is 1.96 bits per heavy atom. The van der Waals surface area contributed by atoms with E-state index in [2.05, 4.69) is 0 Å². The van der Waals surface area contributed by atoms with Gasteiger partial charge in [-0.1, -0.05) is 30.3 Å². The van der Waals surface area contributed by atoms with Gasteiger partial charge in [-0.15, -0.1) is 0 Å². The molecular formula is C16H27N3O3S. The smallest absolute Gasteiger partial charge is 0.282 e. The summed E-state index contributed by atoms with van der Waals surface area (Å²) in [6.45, 7) is 6.05. The van der Waals surface area contributed by atoms with E-state index in [9.17, 15) is 8.42 Å². The van der Waals surface area contributed by atoms with Crippen LogP contribution in [0.2, 0.25) is 0 Å². The maximum absolute atomic E-state index is 12.9. The lowest BCUT2D eigenvalue weighted by atomic mass is 10.1. The fourth-order valence-electron chi connectivity index (χ4n) is 2.72. The van der Waals surface area contributed by atoms with Crippen molar-refractivity contribution < 1.29 is 13.2 Å². The minimum Gasteiger partial charge on any atom is -0.373 e. The molecule has 1 heterocycles. The van der Waals surface area contributed by atoms with Gasteiger partial charge in [0.1, 0.15) is 0 Å². The lowest BCUT2D eigenvalue weighted by Gasteiger charge is -2.39. The van der Waals surface area contributed by atoms with E-state index in [-0.39, 0.29) is 0 Å². The maximum Gasteiger partial charge on any atom is 0.282 e. The van der Waals surface area contributed by atoms with E-state index < -0.39 is 15.8 Å². The van der Waals surface area contributed by atoms with Crippen molar-refractivity contribution in [2.45, 2.75) is 25.9 Å². The first-order valence-electron chi connectivity index (χ1n) is 7.98. The van der Waals surface area contributed by atoms with Crippen LogP contribution in [0.25, 0.3) is 0 Å². The van der Waals surface area contributed by atoms with Crippen molar-refractivity contribution in [1.29, 1.82) is 0 Å². The summed E-state index contributed by atoms with van der Waals surface area (Å²) in [6, 6.07) is 9.88. The zero-order chi connectivity index (χ0) is 16.9. The molecule has 0 spiro atoms. The average Bonchev–Trinajstić information content (AvgIpc) is 2.51. The third-order valence-corrected chi connectivity index (χ3v) is 5.90. The zero-order valence-corrected chi connectivity index (χ0v) is 14.8. The molecule has 0 aliphatic carbocycles. The summed E-state index contributed by atoms with van der Waals surface area (Å²) < 4.78 is 34.5. The molecule has 0 aromatic heterocycles. The first-order valence-corrected chi connectivity index (χ1v) is 9.38. The molecule has 2 N–H and O–H groups in total. The number of nitrogens with zero attached hydrogens (tertiary/aromatic N) is 2. The van der Waals surface area contributed by atoms with Gasteiger partial charge in [0.05, 0.1) is 12.2 Å². The van der Waals surface area contributed by atoms with Crippen molar-refractivity contribution in [1.82, 2.24) is 8.61 Å². The fourth-order valence-corrected chi connectivity index (χ4v) is 4.48. The van der Waals surface area contributed by atoms with Crippen LogP contribution in [0.3, 0.4) is 0 Å². The Labute approximate surface area is 139 Å². The minimum atomic E-state index is -3.52. The molecule has 6 nitrogen and oxygen atoms in total. The first-order chi connectivity index (χ1) is 10.8. The highest BCUT2D eigenvalue weighted by Gasteiger charge is 2.36. The molecule has 1 saturated heterocycles. The van der Waals surface area contributed by atoms with Crippen LogP contribution in [0.5, 0.6) is 0 Å². The Hall–Kier alpha value is -0.990. The summed E-state index contributed by atoms with van der Waals surface area (Å²) in [7, 11) is -3.52. The summed E-state index contributed by atoms with van der Waals surface area (Å²) in [5.74, 6) is 0. The van der Waals surface area contributed by atoms with E-state index in [4.69, 9.17) is 10.5 Å². The van der Waals surface area contributed by atoms with E-state index in [1.807, 2.05) is 44.2 Å². The molecule has 1 aromatic rings. The molecule has 0 bridgehead atoms.